The molecule has 0 aliphatic carbocycles. The van der Waals surface area contributed by atoms with Gasteiger partial charge in [0.25, 0.3) is 5.91 Å². The molecule has 1 aliphatic heterocycles. The normalized spacial score (nSPS) is 15.1. The van der Waals surface area contributed by atoms with Gasteiger partial charge in [0.15, 0.2) is 0 Å². The molecule has 4 nitrogen and oxygen atoms in total. The van der Waals surface area contributed by atoms with Crippen molar-refractivity contribution in [1.82, 2.24) is 9.88 Å². The van der Waals surface area contributed by atoms with Crippen molar-refractivity contribution < 1.29 is 9.53 Å². The summed E-state index contributed by atoms with van der Waals surface area (Å²) in [4.78, 5) is 19.7. The van der Waals surface area contributed by atoms with Gasteiger partial charge in [0.05, 0.1) is 23.8 Å². The molecule has 0 bridgehead atoms. The summed E-state index contributed by atoms with van der Waals surface area (Å²) in [6, 6.07) is 18.0. The van der Waals surface area contributed by atoms with Crippen molar-refractivity contribution in [3.63, 3.8) is 0 Å². The summed E-state index contributed by atoms with van der Waals surface area (Å²) in [7, 11) is 0. The molecule has 2 aromatic carbocycles. The molecule has 3 aromatic rings. The van der Waals surface area contributed by atoms with Crippen molar-refractivity contribution in [2.45, 2.75) is 32.5 Å². The van der Waals surface area contributed by atoms with E-state index in [1.807, 2.05) is 54.3 Å². The third kappa shape index (κ3) is 4.26. The lowest BCUT2D eigenvalue weighted by atomic mass is 10.0. The van der Waals surface area contributed by atoms with Crippen LogP contribution in [-0.2, 0) is 11.3 Å². The van der Waals surface area contributed by atoms with Gasteiger partial charge in [-0.1, -0.05) is 52.3 Å². The van der Waals surface area contributed by atoms with E-state index in [1.165, 1.54) is 5.56 Å². The second-order valence-corrected chi connectivity index (χ2v) is 8.18. The molecular weight excluding hydrogens is 416 g/mol. The van der Waals surface area contributed by atoms with Crippen LogP contribution in [0.3, 0.4) is 0 Å². The van der Waals surface area contributed by atoms with Gasteiger partial charge in [-0.05, 0) is 43.5 Å². The van der Waals surface area contributed by atoms with E-state index in [9.17, 15) is 4.79 Å². The summed E-state index contributed by atoms with van der Waals surface area (Å²) in [5, 5.41) is 0.904. The minimum absolute atomic E-state index is 0.0827. The van der Waals surface area contributed by atoms with E-state index in [0.29, 0.717) is 6.61 Å². The summed E-state index contributed by atoms with van der Waals surface area (Å²) >= 11 is 3.48. The van der Waals surface area contributed by atoms with Crippen LogP contribution < -0.4 is 0 Å². The molecule has 0 atom stereocenters. The summed E-state index contributed by atoms with van der Waals surface area (Å²) in [5.41, 5.74) is 3.62. The highest BCUT2D eigenvalue weighted by Gasteiger charge is 2.25. The molecular formula is C23H23BrN2O2. The van der Waals surface area contributed by atoms with Crippen LogP contribution in [0, 0.1) is 6.92 Å². The van der Waals surface area contributed by atoms with Gasteiger partial charge in [0, 0.05) is 28.6 Å². The number of nitrogens with zero attached hydrogens (tertiary/aromatic N) is 2. The molecule has 0 saturated carbocycles. The number of rotatable bonds is 4. The van der Waals surface area contributed by atoms with Crippen molar-refractivity contribution in [2.24, 2.45) is 0 Å². The lowest BCUT2D eigenvalue weighted by molar-refractivity contribution is -0.000338. The summed E-state index contributed by atoms with van der Waals surface area (Å²) in [6.07, 6.45) is 1.94. The standard InChI is InChI=1S/C23H23BrN2O2/c1-16-13-21(20-8-7-18(24)14-22(20)25-16)23(27)26-11-9-19(10-12-26)28-15-17-5-3-2-4-6-17/h2-8,13-14,19H,9-12,15H2,1H3. The van der Waals surface area contributed by atoms with Crippen LogP contribution in [-0.4, -0.2) is 35.0 Å². The Balaban J connectivity index is 1.42. The third-order valence-corrected chi connectivity index (χ3v) is 5.68. The maximum absolute atomic E-state index is 13.2. The van der Waals surface area contributed by atoms with E-state index in [1.54, 1.807) is 0 Å². The first-order valence-corrected chi connectivity index (χ1v) is 10.4. The van der Waals surface area contributed by atoms with Crippen molar-refractivity contribution in [1.29, 1.82) is 0 Å². The zero-order chi connectivity index (χ0) is 19.5. The molecule has 5 heteroatoms. The van der Waals surface area contributed by atoms with Gasteiger partial charge in [-0.25, -0.2) is 0 Å². The summed E-state index contributed by atoms with van der Waals surface area (Å²) < 4.78 is 7.02. The topological polar surface area (TPSA) is 42.4 Å². The highest BCUT2D eigenvalue weighted by atomic mass is 79.9. The number of aryl methyl sites for hydroxylation is 1. The highest BCUT2D eigenvalue weighted by molar-refractivity contribution is 9.10. The summed E-state index contributed by atoms with van der Waals surface area (Å²) in [6.45, 7) is 4.00. The predicted octanol–water partition coefficient (Wildman–Crippen LogP) is 5.13. The number of hydrogen-bond acceptors (Lipinski definition) is 3. The number of fused-ring (bicyclic) bond motifs is 1. The van der Waals surface area contributed by atoms with Gasteiger partial charge in [-0.2, -0.15) is 0 Å². The molecule has 0 unspecified atom stereocenters. The van der Waals surface area contributed by atoms with E-state index in [0.717, 1.165) is 52.6 Å². The first-order chi connectivity index (χ1) is 13.6. The maximum atomic E-state index is 13.2. The van der Waals surface area contributed by atoms with Crippen LogP contribution in [0.2, 0.25) is 0 Å². The molecule has 0 radical (unpaired) electrons. The Labute approximate surface area is 173 Å². The van der Waals surface area contributed by atoms with Crippen LogP contribution in [0.15, 0.2) is 59.1 Å². The number of hydrogen-bond donors (Lipinski definition) is 0. The van der Waals surface area contributed by atoms with Gasteiger partial charge >= 0.3 is 0 Å². The summed E-state index contributed by atoms with van der Waals surface area (Å²) in [5.74, 6) is 0.0827. The second kappa shape index (κ2) is 8.41. The minimum atomic E-state index is 0.0827. The Kier molecular flexibility index (Phi) is 5.74. The minimum Gasteiger partial charge on any atom is -0.373 e. The number of halogens is 1. The molecule has 1 fully saturated rings. The third-order valence-electron chi connectivity index (χ3n) is 5.19. The number of carbonyl (C=O) groups excluding carboxylic acids is 1. The number of ether oxygens (including phenoxy) is 1. The number of aromatic nitrogens is 1. The molecule has 1 aliphatic rings. The van der Waals surface area contributed by atoms with E-state index >= 15 is 0 Å². The Bertz CT molecular complexity index is 977. The molecule has 0 spiro atoms. The van der Waals surface area contributed by atoms with Crippen LogP contribution in [0.25, 0.3) is 10.9 Å². The van der Waals surface area contributed by atoms with Crippen molar-refractivity contribution >= 4 is 32.7 Å². The van der Waals surface area contributed by atoms with E-state index < -0.39 is 0 Å². The zero-order valence-corrected chi connectivity index (χ0v) is 17.5. The SMILES string of the molecule is Cc1cc(C(=O)N2CCC(OCc3ccccc3)CC2)c2ccc(Br)cc2n1. The zero-order valence-electron chi connectivity index (χ0n) is 15.9. The number of benzene rings is 2. The largest absolute Gasteiger partial charge is 0.373 e. The van der Waals surface area contributed by atoms with Crippen molar-refractivity contribution in [3.8, 4) is 0 Å². The smallest absolute Gasteiger partial charge is 0.254 e. The first-order valence-electron chi connectivity index (χ1n) is 9.62. The van der Waals surface area contributed by atoms with Crippen molar-refractivity contribution in [2.75, 3.05) is 13.1 Å². The monoisotopic (exact) mass is 438 g/mol. The molecule has 144 valence electrons. The fourth-order valence-corrected chi connectivity index (χ4v) is 4.04. The fourth-order valence-electron chi connectivity index (χ4n) is 3.70. The van der Waals surface area contributed by atoms with Gasteiger partial charge in [0.2, 0.25) is 0 Å². The number of likely N-dealkylation sites (tertiary alicyclic amines) is 1. The maximum Gasteiger partial charge on any atom is 0.254 e. The van der Waals surface area contributed by atoms with Crippen LogP contribution >= 0.6 is 15.9 Å². The first kappa shape index (κ1) is 19.1. The highest BCUT2D eigenvalue weighted by Crippen LogP contribution is 2.25. The number of piperidine rings is 1. The fraction of sp³-hybridized carbons (Fsp3) is 0.304. The molecule has 1 amide bonds. The number of amides is 1. The van der Waals surface area contributed by atoms with Gasteiger partial charge < -0.3 is 9.64 Å². The molecule has 1 saturated heterocycles. The Morgan fingerprint density at radius 3 is 2.64 bits per heavy atom. The van der Waals surface area contributed by atoms with E-state index in [2.05, 4.69) is 33.0 Å². The Hall–Kier alpha value is -2.24. The van der Waals surface area contributed by atoms with Crippen LogP contribution in [0.4, 0.5) is 0 Å². The predicted molar refractivity (Wildman–Crippen MR) is 114 cm³/mol. The average Bonchev–Trinajstić information content (AvgIpc) is 2.72. The quantitative estimate of drug-likeness (QED) is 0.566. The van der Waals surface area contributed by atoms with Crippen molar-refractivity contribution in [3.05, 3.63) is 75.9 Å². The van der Waals surface area contributed by atoms with E-state index in [-0.39, 0.29) is 12.0 Å². The lowest BCUT2D eigenvalue weighted by Gasteiger charge is -2.32. The molecule has 2 heterocycles. The Morgan fingerprint density at radius 2 is 1.89 bits per heavy atom. The molecule has 4 rings (SSSR count). The second-order valence-electron chi connectivity index (χ2n) is 7.26. The van der Waals surface area contributed by atoms with Crippen LogP contribution in [0.5, 0.6) is 0 Å². The molecule has 28 heavy (non-hydrogen) atoms. The lowest BCUT2D eigenvalue weighted by Crippen LogP contribution is -2.41. The average molecular weight is 439 g/mol. The Morgan fingerprint density at radius 1 is 1.14 bits per heavy atom. The van der Waals surface area contributed by atoms with Gasteiger partial charge in [-0.3, -0.25) is 9.78 Å². The molecule has 1 aromatic heterocycles. The van der Waals surface area contributed by atoms with Gasteiger partial charge in [-0.15, -0.1) is 0 Å². The van der Waals surface area contributed by atoms with E-state index in [4.69, 9.17) is 4.74 Å². The molecule has 0 N–H and O–H groups in total. The van der Waals surface area contributed by atoms with Crippen LogP contribution in [0.1, 0.15) is 34.5 Å². The number of pyridine rings is 1. The number of carbonyl (C=O) groups is 1. The van der Waals surface area contributed by atoms with Gasteiger partial charge in [0.1, 0.15) is 0 Å².